The molecule has 0 unspecified atom stereocenters. The lowest BCUT2D eigenvalue weighted by Gasteiger charge is -2.12. The van der Waals surface area contributed by atoms with Gasteiger partial charge >= 0.3 is 0 Å². The van der Waals surface area contributed by atoms with Gasteiger partial charge in [-0.25, -0.2) is 0 Å². The number of hydrogen-bond acceptors (Lipinski definition) is 4. The van der Waals surface area contributed by atoms with Crippen molar-refractivity contribution in [2.45, 2.75) is 95.8 Å². The number of rotatable bonds is 19. The maximum absolute atomic E-state index is 12.9. The summed E-state index contributed by atoms with van der Waals surface area (Å²) in [6.45, 7) is 5.69. The fraction of sp³-hybridized carbons (Fsp3) is 0.548. The third kappa shape index (κ3) is 12.1. The minimum Gasteiger partial charge on any atom is -0.494 e. The highest BCUT2D eigenvalue weighted by atomic mass is 32.2. The van der Waals surface area contributed by atoms with Crippen LogP contribution >= 0.6 is 11.8 Å². The Balaban J connectivity index is 1.76. The number of carbonyl (C=O) groups excluding carboxylic acids is 2. The van der Waals surface area contributed by atoms with Crippen LogP contribution in [0.15, 0.2) is 47.4 Å². The van der Waals surface area contributed by atoms with Gasteiger partial charge in [-0.3, -0.25) is 9.59 Å². The maximum atomic E-state index is 12.9. The largest absolute Gasteiger partial charge is 0.494 e. The summed E-state index contributed by atoms with van der Waals surface area (Å²) in [6.07, 6.45) is 16.9. The van der Waals surface area contributed by atoms with Crippen molar-refractivity contribution in [1.82, 2.24) is 5.32 Å². The van der Waals surface area contributed by atoms with Gasteiger partial charge in [0.25, 0.3) is 11.8 Å². The standard InChI is InChI=1S/C31H46N2O3S/c1-4-6-8-9-10-11-12-13-14-15-23-36-27-19-16-25(17-20-27)31(35)33-28-24-26(18-21-29(28)37-3)30(34)32-22-7-5-2/h16-21,24H,4-15,22-23H2,1-3H3,(H,32,34)(H,33,35). The second-order valence-electron chi connectivity index (χ2n) is 9.53. The molecule has 6 heteroatoms. The molecule has 2 N–H and O–H groups in total. The van der Waals surface area contributed by atoms with Crippen LogP contribution in [0.3, 0.4) is 0 Å². The number of carbonyl (C=O) groups is 2. The minimum absolute atomic E-state index is 0.125. The summed E-state index contributed by atoms with van der Waals surface area (Å²) in [5, 5.41) is 5.90. The summed E-state index contributed by atoms with van der Waals surface area (Å²) in [4.78, 5) is 26.2. The molecule has 0 atom stereocenters. The van der Waals surface area contributed by atoms with Gasteiger partial charge < -0.3 is 15.4 Å². The Morgan fingerprint density at radius 1 is 0.730 bits per heavy atom. The van der Waals surface area contributed by atoms with Crippen molar-refractivity contribution in [2.75, 3.05) is 24.7 Å². The van der Waals surface area contributed by atoms with Crippen LogP contribution in [0, 0.1) is 0 Å². The molecule has 5 nitrogen and oxygen atoms in total. The van der Waals surface area contributed by atoms with E-state index in [0.29, 0.717) is 30.0 Å². The molecule has 0 aliphatic heterocycles. The molecule has 0 spiro atoms. The highest BCUT2D eigenvalue weighted by Crippen LogP contribution is 2.27. The second kappa shape index (κ2) is 18.7. The van der Waals surface area contributed by atoms with Gasteiger partial charge in [0.05, 0.1) is 12.3 Å². The molecule has 0 aliphatic carbocycles. The molecule has 2 rings (SSSR count). The molecular formula is C31H46N2O3S. The van der Waals surface area contributed by atoms with E-state index in [-0.39, 0.29) is 11.8 Å². The fourth-order valence-corrected chi connectivity index (χ4v) is 4.64. The first kappa shape index (κ1) is 30.8. The van der Waals surface area contributed by atoms with E-state index in [0.717, 1.165) is 29.9 Å². The highest BCUT2D eigenvalue weighted by molar-refractivity contribution is 7.98. The van der Waals surface area contributed by atoms with Gasteiger partial charge in [-0.15, -0.1) is 11.8 Å². The summed E-state index contributed by atoms with van der Waals surface area (Å²) in [5.41, 5.74) is 1.73. The molecule has 0 fully saturated rings. The second-order valence-corrected chi connectivity index (χ2v) is 10.4. The van der Waals surface area contributed by atoms with E-state index in [1.165, 1.54) is 69.5 Å². The molecule has 37 heavy (non-hydrogen) atoms. The maximum Gasteiger partial charge on any atom is 0.255 e. The summed E-state index contributed by atoms with van der Waals surface area (Å²) < 4.78 is 5.87. The summed E-state index contributed by atoms with van der Waals surface area (Å²) in [5.74, 6) is 0.448. The summed E-state index contributed by atoms with van der Waals surface area (Å²) in [7, 11) is 0. The van der Waals surface area contributed by atoms with Crippen molar-refractivity contribution in [3.63, 3.8) is 0 Å². The first-order valence-electron chi connectivity index (χ1n) is 14.1. The Morgan fingerprint density at radius 3 is 1.95 bits per heavy atom. The van der Waals surface area contributed by atoms with E-state index >= 15 is 0 Å². The first-order chi connectivity index (χ1) is 18.1. The van der Waals surface area contributed by atoms with Crippen LogP contribution in [0.2, 0.25) is 0 Å². The van der Waals surface area contributed by atoms with Crippen LogP contribution in [0.5, 0.6) is 5.75 Å². The molecule has 2 aromatic rings. The molecular weight excluding hydrogens is 480 g/mol. The molecule has 0 radical (unpaired) electrons. The van der Waals surface area contributed by atoms with Crippen molar-refractivity contribution in [3.8, 4) is 5.75 Å². The van der Waals surface area contributed by atoms with Gasteiger partial charge in [-0.05, 0) is 61.6 Å². The van der Waals surface area contributed by atoms with Gasteiger partial charge in [-0.2, -0.15) is 0 Å². The van der Waals surface area contributed by atoms with E-state index in [1.807, 2.05) is 24.5 Å². The Bertz CT molecular complexity index is 931. The van der Waals surface area contributed by atoms with Gasteiger partial charge in [0.15, 0.2) is 0 Å². The quantitative estimate of drug-likeness (QED) is 0.142. The van der Waals surface area contributed by atoms with Crippen LogP contribution in [0.25, 0.3) is 0 Å². The van der Waals surface area contributed by atoms with Crippen molar-refractivity contribution in [3.05, 3.63) is 53.6 Å². The van der Waals surface area contributed by atoms with Crippen molar-refractivity contribution >= 4 is 29.3 Å². The SMILES string of the molecule is CCCCCCCCCCCCOc1ccc(C(=O)Nc2cc(C(=O)NCCCC)ccc2SC)cc1. The summed E-state index contributed by atoms with van der Waals surface area (Å²) in [6, 6.07) is 12.7. The van der Waals surface area contributed by atoms with Crippen molar-refractivity contribution in [1.29, 1.82) is 0 Å². The smallest absolute Gasteiger partial charge is 0.255 e. The van der Waals surface area contributed by atoms with E-state index in [1.54, 1.807) is 24.3 Å². The normalized spacial score (nSPS) is 10.8. The third-order valence-corrected chi connectivity index (χ3v) is 7.20. The van der Waals surface area contributed by atoms with Crippen LogP contribution in [0.4, 0.5) is 5.69 Å². The van der Waals surface area contributed by atoms with Gasteiger partial charge in [0.2, 0.25) is 0 Å². The Kier molecular flexibility index (Phi) is 15.6. The number of nitrogens with one attached hydrogen (secondary N) is 2. The summed E-state index contributed by atoms with van der Waals surface area (Å²) >= 11 is 1.53. The van der Waals surface area contributed by atoms with Gasteiger partial charge in [0.1, 0.15) is 5.75 Å². The fourth-order valence-electron chi connectivity index (χ4n) is 4.10. The lowest BCUT2D eigenvalue weighted by Crippen LogP contribution is -2.24. The monoisotopic (exact) mass is 526 g/mol. The number of anilines is 1. The number of ether oxygens (including phenoxy) is 1. The van der Waals surface area contributed by atoms with Crippen LogP contribution in [0.1, 0.15) is 112 Å². The van der Waals surface area contributed by atoms with E-state index in [2.05, 4.69) is 24.5 Å². The van der Waals surface area contributed by atoms with E-state index in [9.17, 15) is 9.59 Å². The Hall–Kier alpha value is -2.47. The topological polar surface area (TPSA) is 67.4 Å². The molecule has 0 aliphatic rings. The lowest BCUT2D eigenvalue weighted by molar-refractivity contribution is 0.0951. The molecule has 204 valence electrons. The zero-order valence-corrected chi connectivity index (χ0v) is 23.9. The van der Waals surface area contributed by atoms with Gasteiger partial charge in [0, 0.05) is 22.6 Å². The number of benzene rings is 2. The van der Waals surface area contributed by atoms with E-state index < -0.39 is 0 Å². The van der Waals surface area contributed by atoms with Crippen LogP contribution < -0.4 is 15.4 Å². The number of unbranched alkanes of at least 4 members (excludes halogenated alkanes) is 10. The van der Waals surface area contributed by atoms with E-state index in [4.69, 9.17) is 4.74 Å². The predicted molar refractivity (Wildman–Crippen MR) is 157 cm³/mol. The number of amides is 2. The number of hydrogen-bond donors (Lipinski definition) is 2. The molecule has 2 amide bonds. The molecule has 0 saturated heterocycles. The molecule has 0 bridgehead atoms. The van der Waals surface area contributed by atoms with Crippen molar-refractivity contribution in [2.24, 2.45) is 0 Å². The highest BCUT2D eigenvalue weighted by Gasteiger charge is 2.13. The average Bonchev–Trinajstić information content (AvgIpc) is 2.92. The van der Waals surface area contributed by atoms with Crippen LogP contribution in [-0.2, 0) is 0 Å². The minimum atomic E-state index is -0.208. The van der Waals surface area contributed by atoms with Crippen molar-refractivity contribution < 1.29 is 14.3 Å². The number of thioether (sulfide) groups is 1. The third-order valence-electron chi connectivity index (χ3n) is 6.41. The van der Waals surface area contributed by atoms with Crippen LogP contribution in [-0.4, -0.2) is 31.2 Å². The Labute approximate surface area is 228 Å². The molecule has 0 heterocycles. The zero-order chi connectivity index (χ0) is 26.7. The van der Waals surface area contributed by atoms with Gasteiger partial charge in [-0.1, -0.05) is 78.1 Å². The average molecular weight is 527 g/mol. The predicted octanol–water partition coefficient (Wildman–Crippen LogP) is 8.49. The Morgan fingerprint density at radius 2 is 1.32 bits per heavy atom. The first-order valence-corrected chi connectivity index (χ1v) is 15.3. The lowest BCUT2D eigenvalue weighted by atomic mass is 10.1. The zero-order valence-electron chi connectivity index (χ0n) is 23.1. The molecule has 2 aromatic carbocycles. The molecule has 0 aromatic heterocycles. The molecule has 0 saturated carbocycles.